The number of rotatable bonds is 7. The summed E-state index contributed by atoms with van der Waals surface area (Å²) in [7, 11) is 0. The predicted octanol–water partition coefficient (Wildman–Crippen LogP) is 3.26. The lowest BCUT2D eigenvalue weighted by Gasteiger charge is -2.20. The maximum absolute atomic E-state index is 12.1. The predicted molar refractivity (Wildman–Crippen MR) is 106 cm³/mol. The molecule has 2 N–H and O–H groups in total. The minimum atomic E-state index is -0.340. The van der Waals surface area contributed by atoms with Crippen LogP contribution in [0.1, 0.15) is 36.7 Å². The zero-order chi connectivity index (χ0) is 18.9. The number of amides is 2. The van der Waals surface area contributed by atoms with Crippen LogP contribution in [0.5, 0.6) is 0 Å². The number of nitrogens with zero attached hydrogens (tertiary/aromatic N) is 2. The van der Waals surface area contributed by atoms with Gasteiger partial charge in [0.25, 0.3) is 5.91 Å². The zero-order valence-corrected chi connectivity index (χ0v) is 15.3. The van der Waals surface area contributed by atoms with E-state index in [0.717, 1.165) is 24.3 Å². The van der Waals surface area contributed by atoms with E-state index in [1.807, 2.05) is 24.3 Å². The van der Waals surface area contributed by atoms with Crippen LogP contribution in [0.2, 0.25) is 0 Å². The SMILES string of the molecule is CCN(CC)c1ccc(/C=N\NC(=O)c2cccc(NC(C)=O)c2)cc1. The van der Waals surface area contributed by atoms with Gasteiger partial charge in [-0.25, -0.2) is 5.43 Å². The molecule has 0 aliphatic heterocycles. The van der Waals surface area contributed by atoms with Gasteiger partial charge in [-0.1, -0.05) is 18.2 Å². The second-order valence-corrected chi connectivity index (χ2v) is 5.72. The Kier molecular flexibility index (Phi) is 6.91. The van der Waals surface area contributed by atoms with Crippen molar-refractivity contribution in [3.8, 4) is 0 Å². The van der Waals surface area contributed by atoms with Crippen molar-refractivity contribution in [2.45, 2.75) is 20.8 Å². The summed E-state index contributed by atoms with van der Waals surface area (Å²) in [5, 5.41) is 6.64. The molecule has 26 heavy (non-hydrogen) atoms. The molecule has 0 saturated heterocycles. The molecule has 0 bridgehead atoms. The average molecular weight is 352 g/mol. The van der Waals surface area contributed by atoms with E-state index in [0.29, 0.717) is 11.3 Å². The van der Waals surface area contributed by atoms with E-state index in [2.05, 4.69) is 34.6 Å². The third-order valence-corrected chi connectivity index (χ3v) is 3.85. The van der Waals surface area contributed by atoms with Crippen LogP contribution in [-0.2, 0) is 4.79 Å². The van der Waals surface area contributed by atoms with Crippen LogP contribution in [0, 0.1) is 0 Å². The zero-order valence-electron chi connectivity index (χ0n) is 15.3. The van der Waals surface area contributed by atoms with Gasteiger partial charge in [-0.3, -0.25) is 9.59 Å². The minimum absolute atomic E-state index is 0.186. The molecule has 0 unspecified atom stereocenters. The van der Waals surface area contributed by atoms with Crippen molar-refractivity contribution in [2.75, 3.05) is 23.3 Å². The number of benzene rings is 2. The molecule has 2 amide bonds. The standard InChI is InChI=1S/C20H24N4O2/c1-4-24(5-2)19-11-9-16(10-12-19)14-21-23-20(26)17-7-6-8-18(13-17)22-15(3)25/h6-14H,4-5H2,1-3H3,(H,22,25)(H,23,26)/b21-14-. The van der Waals surface area contributed by atoms with Crippen LogP contribution in [0.4, 0.5) is 11.4 Å². The molecule has 2 aromatic rings. The van der Waals surface area contributed by atoms with Gasteiger partial charge in [0.1, 0.15) is 0 Å². The van der Waals surface area contributed by atoms with E-state index in [4.69, 9.17) is 0 Å². The first-order chi connectivity index (χ1) is 12.5. The summed E-state index contributed by atoms with van der Waals surface area (Å²) in [6.07, 6.45) is 1.60. The summed E-state index contributed by atoms with van der Waals surface area (Å²) in [4.78, 5) is 25.5. The molecule has 6 heteroatoms. The van der Waals surface area contributed by atoms with E-state index < -0.39 is 0 Å². The largest absolute Gasteiger partial charge is 0.372 e. The number of hydrogen-bond donors (Lipinski definition) is 2. The third kappa shape index (κ3) is 5.44. The molecule has 0 saturated carbocycles. The fraction of sp³-hybridized carbons (Fsp3) is 0.250. The lowest BCUT2D eigenvalue weighted by Crippen LogP contribution is -2.21. The quantitative estimate of drug-likeness (QED) is 0.593. The number of nitrogens with one attached hydrogen (secondary N) is 2. The summed E-state index contributed by atoms with van der Waals surface area (Å²) in [6.45, 7) is 7.57. The number of carbonyl (C=O) groups excluding carboxylic acids is 2. The molecule has 0 aromatic heterocycles. The molecule has 0 aliphatic carbocycles. The summed E-state index contributed by atoms with van der Waals surface area (Å²) in [6, 6.07) is 14.7. The highest BCUT2D eigenvalue weighted by molar-refractivity contribution is 5.97. The van der Waals surface area contributed by atoms with E-state index >= 15 is 0 Å². The summed E-state index contributed by atoms with van der Waals surface area (Å²) >= 11 is 0. The molecule has 0 radical (unpaired) electrons. The average Bonchev–Trinajstić information content (AvgIpc) is 2.63. The summed E-state index contributed by atoms with van der Waals surface area (Å²) < 4.78 is 0. The smallest absolute Gasteiger partial charge is 0.271 e. The van der Waals surface area contributed by atoms with Crippen LogP contribution >= 0.6 is 0 Å². The monoisotopic (exact) mass is 352 g/mol. The van der Waals surface area contributed by atoms with Gasteiger partial charge in [0.05, 0.1) is 6.21 Å². The molecule has 0 aliphatic rings. The van der Waals surface area contributed by atoms with Gasteiger partial charge in [0, 0.05) is 37.0 Å². The van der Waals surface area contributed by atoms with Crippen molar-refractivity contribution in [3.05, 3.63) is 59.7 Å². The third-order valence-electron chi connectivity index (χ3n) is 3.85. The fourth-order valence-electron chi connectivity index (χ4n) is 2.53. The van der Waals surface area contributed by atoms with Crippen molar-refractivity contribution in [3.63, 3.8) is 0 Å². The number of anilines is 2. The Morgan fingerprint density at radius 3 is 2.38 bits per heavy atom. The van der Waals surface area contributed by atoms with Crippen LogP contribution < -0.4 is 15.6 Å². The normalized spacial score (nSPS) is 10.6. The Balaban J connectivity index is 1.97. The van der Waals surface area contributed by atoms with Crippen molar-refractivity contribution >= 4 is 29.4 Å². The van der Waals surface area contributed by atoms with Crippen molar-refractivity contribution < 1.29 is 9.59 Å². The molecular weight excluding hydrogens is 328 g/mol. The molecule has 6 nitrogen and oxygen atoms in total. The van der Waals surface area contributed by atoms with E-state index in [9.17, 15) is 9.59 Å². The first-order valence-corrected chi connectivity index (χ1v) is 8.59. The number of hydrogen-bond acceptors (Lipinski definition) is 4. The van der Waals surface area contributed by atoms with Crippen molar-refractivity contribution in [2.24, 2.45) is 5.10 Å². The van der Waals surface area contributed by atoms with Gasteiger partial charge >= 0.3 is 0 Å². The van der Waals surface area contributed by atoms with Gasteiger partial charge in [-0.15, -0.1) is 0 Å². The lowest BCUT2D eigenvalue weighted by atomic mass is 10.2. The molecule has 136 valence electrons. The topological polar surface area (TPSA) is 73.8 Å². The lowest BCUT2D eigenvalue weighted by molar-refractivity contribution is -0.114. The van der Waals surface area contributed by atoms with Gasteiger partial charge in [0.15, 0.2) is 0 Å². The van der Waals surface area contributed by atoms with E-state index in [1.54, 1.807) is 30.5 Å². The maximum atomic E-state index is 12.1. The molecule has 0 fully saturated rings. The fourth-order valence-corrected chi connectivity index (χ4v) is 2.53. The Hall–Kier alpha value is -3.15. The highest BCUT2D eigenvalue weighted by Crippen LogP contribution is 2.14. The molecule has 2 rings (SSSR count). The van der Waals surface area contributed by atoms with E-state index in [1.165, 1.54) is 6.92 Å². The van der Waals surface area contributed by atoms with Gasteiger partial charge in [-0.2, -0.15) is 5.10 Å². The molecule has 2 aromatic carbocycles. The van der Waals surface area contributed by atoms with Gasteiger partial charge in [-0.05, 0) is 49.7 Å². The minimum Gasteiger partial charge on any atom is -0.372 e. The number of carbonyl (C=O) groups is 2. The van der Waals surface area contributed by atoms with Crippen LogP contribution in [0.3, 0.4) is 0 Å². The van der Waals surface area contributed by atoms with Crippen LogP contribution in [0.25, 0.3) is 0 Å². The second-order valence-electron chi connectivity index (χ2n) is 5.72. The summed E-state index contributed by atoms with van der Waals surface area (Å²) in [5.74, 6) is -0.526. The second kappa shape index (κ2) is 9.36. The summed E-state index contributed by atoms with van der Waals surface area (Å²) in [5.41, 5.74) is 5.54. The first-order valence-electron chi connectivity index (χ1n) is 8.59. The van der Waals surface area contributed by atoms with Crippen molar-refractivity contribution in [1.82, 2.24) is 5.43 Å². The molecule has 0 heterocycles. The maximum Gasteiger partial charge on any atom is 0.271 e. The highest BCUT2D eigenvalue weighted by Gasteiger charge is 2.06. The molecule has 0 spiro atoms. The highest BCUT2D eigenvalue weighted by atomic mass is 16.2. The Morgan fingerprint density at radius 1 is 1.08 bits per heavy atom. The Labute approximate surface area is 153 Å². The van der Waals surface area contributed by atoms with Gasteiger partial charge in [0.2, 0.25) is 5.91 Å². The number of hydrazone groups is 1. The van der Waals surface area contributed by atoms with Crippen LogP contribution in [-0.4, -0.2) is 31.1 Å². The molecular formula is C20H24N4O2. The van der Waals surface area contributed by atoms with Gasteiger partial charge < -0.3 is 10.2 Å². The van der Waals surface area contributed by atoms with E-state index in [-0.39, 0.29) is 11.8 Å². The molecule has 0 atom stereocenters. The first kappa shape index (κ1) is 19.2. The van der Waals surface area contributed by atoms with Crippen molar-refractivity contribution in [1.29, 1.82) is 0 Å². The Bertz CT molecular complexity index is 781. The Morgan fingerprint density at radius 2 is 1.77 bits per heavy atom. The van der Waals surface area contributed by atoms with Crippen LogP contribution in [0.15, 0.2) is 53.6 Å².